The molecule has 2 aromatic rings. The lowest BCUT2D eigenvalue weighted by molar-refractivity contribution is -0.0921. The number of aromatic nitrogens is 4. The van der Waals surface area contributed by atoms with Crippen molar-refractivity contribution in [1.29, 1.82) is 0 Å². The maximum Gasteiger partial charge on any atom is 0.196 e. The number of nitrogens with one attached hydrogen (secondary N) is 1. The van der Waals surface area contributed by atoms with Crippen LogP contribution in [0.5, 0.6) is 0 Å². The lowest BCUT2D eigenvalue weighted by Crippen LogP contribution is -2.47. The van der Waals surface area contributed by atoms with Crippen LogP contribution in [0.1, 0.15) is 47.5 Å². The molecule has 2 fully saturated rings. The quantitative estimate of drug-likeness (QED) is 0.410. The molecule has 0 aliphatic carbocycles. The Morgan fingerprint density at radius 1 is 0.811 bits per heavy atom. The number of hydrogen-bond donors (Lipinski definition) is 1. The van der Waals surface area contributed by atoms with Gasteiger partial charge in [0, 0.05) is 42.8 Å². The van der Waals surface area contributed by atoms with Gasteiger partial charge in [-0.3, -0.25) is 0 Å². The highest BCUT2D eigenvalue weighted by molar-refractivity contribution is 7.99. The first kappa shape index (κ1) is 31.8. The van der Waals surface area contributed by atoms with Gasteiger partial charge < -0.3 is 24.3 Å². The maximum atomic E-state index is 6.04. The van der Waals surface area contributed by atoms with Crippen molar-refractivity contribution in [1.82, 2.24) is 29.7 Å². The molecule has 4 heterocycles. The average molecular weight is 551 g/mol. The molecule has 2 aromatic heterocycles. The molecule has 0 bridgehead atoms. The fourth-order valence-electron chi connectivity index (χ4n) is 4.82. The second kappa shape index (κ2) is 15.9. The molecule has 2 aliphatic rings. The molecule has 37 heavy (non-hydrogen) atoms. The maximum absolute atomic E-state index is 6.04. The topological polar surface area (TPSA) is 79.4 Å². The average Bonchev–Trinajstić information content (AvgIpc) is 2.85. The van der Waals surface area contributed by atoms with Crippen molar-refractivity contribution in [3.63, 3.8) is 0 Å². The molecule has 2 aliphatic heterocycles. The largest absolute Gasteiger partial charge is 0.375 e. The van der Waals surface area contributed by atoms with Gasteiger partial charge in [0.1, 0.15) is 5.44 Å². The van der Waals surface area contributed by atoms with Crippen LogP contribution in [0.2, 0.25) is 0 Å². The van der Waals surface area contributed by atoms with E-state index in [1.807, 2.05) is 6.07 Å². The Bertz CT molecular complexity index is 930. The number of nitrogens with zero attached hydrogens (tertiary/aromatic N) is 5. The first-order chi connectivity index (χ1) is 17.5. The molecule has 0 amide bonds. The van der Waals surface area contributed by atoms with E-state index in [9.17, 15) is 0 Å². The zero-order chi connectivity index (χ0) is 27.5. The van der Waals surface area contributed by atoms with Crippen LogP contribution in [0.3, 0.4) is 0 Å². The van der Waals surface area contributed by atoms with Crippen molar-refractivity contribution in [2.75, 3.05) is 28.2 Å². The van der Waals surface area contributed by atoms with Crippen molar-refractivity contribution >= 4 is 24.0 Å². The number of hydrogen-bond acceptors (Lipinski definition) is 9. The second-order valence-corrected chi connectivity index (χ2v) is 11.9. The van der Waals surface area contributed by atoms with Crippen LogP contribution in [0.15, 0.2) is 42.1 Å². The fraction of sp³-hybridized carbons (Fsp3) is 0.704. The highest BCUT2D eigenvalue weighted by Gasteiger charge is 2.36. The van der Waals surface area contributed by atoms with E-state index in [1.165, 1.54) is 6.42 Å². The van der Waals surface area contributed by atoms with Gasteiger partial charge in [-0.25, -0.2) is 15.0 Å². The summed E-state index contributed by atoms with van der Waals surface area (Å²) in [5.74, 6) is 1.11. The summed E-state index contributed by atoms with van der Waals surface area (Å²) < 4.78 is 12.3. The van der Waals surface area contributed by atoms with Gasteiger partial charge in [0.25, 0.3) is 0 Å². The van der Waals surface area contributed by atoms with E-state index in [-0.39, 0.29) is 11.5 Å². The molecule has 0 radical (unpaired) electrons. The Hall–Kier alpha value is -1.43. The summed E-state index contributed by atoms with van der Waals surface area (Å²) in [5.41, 5.74) is 0.128. The van der Waals surface area contributed by atoms with Gasteiger partial charge >= 0.3 is 0 Å². The predicted molar refractivity (Wildman–Crippen MR) is 154 cm³/mol. The first-order valence-electron chi connectivity index (χ1n) is 13.1. The van der Waals surface area contributed by atoms with E-state index >= 15 is 0 Å². The highest BCUT2D eigenvalue weighted by atomic mass is 32.2. The summed E-state index contributed by atoms with van der Waals surface area (Å²) in [5, 5.41) is 0.793. The lowest BCUT2D eigenvalue weighted by Gasteiger charge is -2.41. The molecule has 6 unspecified atom stereocenters. The van der Waals surface area contributed by atoms with Gasteiger partial charge in [-0.2, -0.15) is 0 Å². The number of ether oxygens (including phenoxy) is 2. The third kappa shape index (κ3) is 10.7. The summed E-state index contributed by atoms with van der Waals surface area (Å²) in [6.07, 6.45) is 10.3. The molecule has 10 heteroatoms. The molecular weight excluding hydrogens is 504 g/mol. The van der Waals surface area contributed by atoms with Crippen LogP contribution < -0.4 is 0 Å². The smallest absolute Gasteiger partial charge is 0.196 e. The summed E-state index contributed by atoms with van der Waals surface area (Å²) in [6, 6.07) is 4.86. The summed E-state index contributed by atoms with van der Waals surface area (Å²) in [6.45, 7) is 11.0. The van der Waals surface area contributed by atoms with Crippen LogP contribution in [0.4, 0.5) is 0 Å². The Balaban J connectivity index is 0.000000217. The first-order valence-corrected chi connectivity index (χ1v) is 14.4. The molecule has 8 nitrogen and oxygen atoms in total. The fourth-order valence-corrected chi connectivity index (χ4v) is 6.04. The van der Waals surface area contributed by atoms with E-state index in [0.29, 0.717) is 40.9 Å². The molecular formula is C27H46N6O2S2. The zero-order valence-corrected chi connectivity index (χ0v) is 25.5. The minimum atomic E-state index is 0.128. The van der Waals surface area contributed by atoms with Crippen LogP contribution in [-0.2, 0) is 9.47 Å². The monoisotopic (exact) mass is 550 g/mol. The van der Waals surface area contributed by atoms with Crippen LogP contribution >= 0.6 is 24.0 Å². The molecule has 0 aromatic carbocycles. The van der Waals surface area contributed by atoms with Crippen LogP contribution in [-0.4, -0.2) is 93.8 Å². The van der Waals surface area contributed by atoms with Crippen molar-refractivity contribution < 1.29 is 9.47 Å². The summed E-state index contributed by atoms with van der Waals surface area (Å²) in [4.78, 5) is 19.6. The molecule has 8 atom stereocenters. The van der Waals surface area contributed by atoms with E-state index in [2.05, 4.69) is 105 Å². The van der Waals surface area contributed by atoms with Crippen molar-refractivity contribution in [2.45, 2.75) is 88.4 Å². The van der Waals surface area contributed by atoms with Crippen LogP contribution in [0, 0.1) is 16.6 Å². The normalized spacial score (nSPS) is 31.6. The number of rotatable bonds is 4. The standard InChI is InChI=1S/C13H21N3OS.C10H21NO.C4H4N2S/c1-9-8-11(16(3)4)10(2)12(17-9)18-13-14-6-5-7-15-13;1-7-6-10(11(4)5)8(2)9(3)12-7;7-4-5-2-1-3-6-4/h5-7,9-12H,8H2,1-4H3;7-10H,6H2,1-5H3;1-3H,(H,5,6,7)/t9?,10?,11?,12-;7?,8?,9-,10?;/m11./s1. The van der Waals surface area contributed by atoms with Gasteiger partial charge in [0.05, 0.1) is 18.3 Å². The third-order valence-corrected chi connectivity index (χ3v) is 8.43. The van der Waals surface area contributed by atoms with Crippen LogP contribution in [0.25, 0.3) is 0 Å². The SMILES string of the molecule is CC1CC(N(C)C)C(C)[C@@H](C)O1.CC1CC(N(C)C)C(C)[C@@H](Sc2ncccn2)O1.S=c1nccc[nH]1. The summed E-state index contributed by atoms with van der Waals surface area (Å²) in [7, 11) is 8.59. The van der Waals surface area contributed by atoms with Gasteiger partial charge in [-0.15, -0.1) is 0 Å². The molecule has 208 valence electrons. The Kier molecular flexibility index (Phi) is 13.6. The Morgan fingerprint density at radius 2 is 1.35 bits per heavy atom. The third-order valence-electron chi connectivity index (χ3n) is 7.01. The minimum absolute atomic E-state index is 0.128. The number of H-pyrrole nitrogens is 1. The van der Waals surface area contributed by atoms with E-state index in [4.69, 9.17) is 9.47 Å². The van der Waals surface area contributed by atoms with E-state index in [1.54, 1.807) is 42.6 Å². The van der Waals surface area contributed by atoms with Gasteiger partial charge in [0.15, 0.2) is 9.93 Å². The zero-order valence-electron chi connectivity index (χ0n) is 23.9. The Labute approximate surface area is 233 Å². The van der Waals surface area contributed by atoms with Crippen molar-refractivity contribution in [3.05, 3.63) is 41.7 Å². The molecule has 2 saturated heterocycles. The van der Waals surface area contributed by atoms with E-state index < -0.39 is 0 Å². The second-order valence-electron chi connectivity index (χ2n) is 10.5. The van der Waals surface area contributed by atoms with Gasteiger partial charge in [-0.05, 0) is 92.1 Å². The lowest BCUT2D eigenvalue weighted by atomic mass is 9.88. The molecule has 4 rings (SSSR count). The highest BCUT2D eigenvalue weighted by Crippen LogP contribution is 2.36. The number of thioether (sulfide) groups is 1. The van der Waals surface area contributed by atoms with Crippen molar-refractivity contribution in [2.24, 2.45) is 11.8 Å². The minimum Gasteiger partial charge on any atom is -0.375 e. The summed E-state index contributed by atoms with van der Waals surface area (Å²) >= 11 is 6.27. The molecule has 0 saturated carbocycles. The van der Waals surface area contributed by atoms with Crippen molar-refractivity contribution in [3.8, 4) is 0 Å². The molecule has 1 N–H and O–H groups in total. The molecule has 0 spiro atoms. The van der Waals surface area contributed by atoms with E-state index in [0.717, 1.165) is 11.6 Å². The van der Waals surface area contributed by atoms with Gasteiger partial charge in [0.2, 0.25) is 0 Å². The Morgan fingerprint density at radius 3 is 1.84 bits per heavy atom. The van der Waals surface area contributed by atoms with Gasteiger partial charge in [-0.1, -0.05) is 25.6 Å². The predicted octanol–water partition coefficient (Wildman–Crippen LogP) is 5.16. The number of aromatic amines is 1.